The number of nitrogens with two attached hydrogens (primary N) is 1. The summed E-state index contributed by atoms with van der Waals surface area (Å²) in [5.41, 5.74) is 7.06. The lowest BCUT2D eigenvalue weighted by Gasteiger charge is -2.50. The standard InChI is InChI=1S/C19H33NO/c20-18(17-8-11-21-19(13-17)9-3-10-19)16-7-6-14-4-1-2-5-15(14)12-16/h14-18H,1-13,20H2. The van der Waals surface area contributed by atoms with Crippen LogP contribution in [0.25, 0.3) is 0 Å². The molecule has 1 aliphatic heterocycles. The van der Waals surface area contributed by atoms with Crippen molar-refractivity contribution in [3.8, 4) is 0 Å². The van der Waals surface area contributed by atoms with Crippen LogP contribution in [-0.4, -0.2) is 18.2 Å². The molecule has 5 unspecified atom stereocenters. The molecule has 1 saturated heterocycles. The van der Waals surface area contributed by atoms with Crippen LogP contribution in [-0.2, 0) is 4.74 Å². The van der Waals surface area contributed by atoms with Gasteiger partial charge in [0.15, 0.2) is 0 Å². The fourth-order valence-corrected chi connectivity index (χ4v) is 5.96. The Bertz CT molecular complexity index is 365. The van der Waals surface area contributed by atoms with Crippen molar-refractivity contribution in [3.05, 3.63) is 0 Å². The monoisotopic (exact) mass is 291 g/mol. The van der Waals surface area contributed by atoms with E-state index in [-0.39, 0.29) is 5.60 Å². The van der Waals surface area contributed by atoms with Crippen LogP contribution < -0.4 is 5.73 Å². The minimum atomic E-state index is 0.266. The number of hydrogen-bond acceptors (Lipinski definition) is 2. The van der Waals surface area contributed by atoms with Crippen molar-refractivity contribution in [2.24, 2.45) is 29.4 Å². The Hall–Kier alpha value is -0.0800. The van der Waals surface area contributed by atoms with Crippen molar-refractivity contribution in [2.45, 2.75) is 88.7 Å². The van der Waals surface area contributed by atoms with E-state index in [0.717, 1.165) is 30.3 Å². The summed E-state index contributed by atoms with van der Waals surface area (Å²) in [4.78, 5) is 0. The quantitative estimate of drug-likeness (QED) is 0.824. The Labute approximate surface area is 130 Å². The maximum atomic E-state index is 6.79. The summed E-state index contributed by atoms with van der Waals surface area (Å²) in [6, 6.07) is 0.453. The first-order valence-corrected chi connectivity index (χ1v) is 9.65. The van der Waals surface area contributed by atoms with E-state index in [4.69, 9.17) is 10.5 Å². The predicted octanol–water partition coefficient (Wildman–Crippen LogP) is 4.27. The van der Waals surface area contributed by atoms with Gasteiger partial charge in [-0.3, -0.25) is 0 Å². The zero-order valence-corrected chi connectivity index (χ0v) is 13.6. The molecule has 4 rings (SSSR count). The molecule has 0 aromatic heterocycles. The SMILES string of the molecule is NC(C1CCC2CCCCC2C1)C1CCOC2(CCC2)C1. The zero-order valence-electron chi connectivity index (χ0n) is 13.6. The van der Waals surface area contributed by atoms with Gasteiger partial charge in [-0.25, -0.2) is 0 Å². The lowest BCUT2D eigenvalue weighted by Crippen LogP contribution is -2.51. The normalized spacial score (nSPS) is 43.9. The minimum Gasteiger partial charge on any atom is -0.375 e. The average molecular weight is 291 g/mol. The van der Waals surface area contributed by atoms with Crippen molar-refractivity contribution < 1.29 is 4.74 Å². The molecule has 4 aliphatic rings. The Morgan fingerprint density at radius 1 is 0.857 bits per heavy atom. The third-order valence-electron chi connectivity index (χ3n) is 7.46. The second-order valence-electron chi connectivity index (χ2n) is 8.59. The lowest BCUT2D eigenvalue weighted by atomic mass is 9.63. The highest BCUT2D eigenvalue weighted by Crippen LogP contribution is 2.48. The summed E-state index contributed by atoms with van der Waals surface area (Å²) in [6.45, 7) is 0.969. The molecule has 0 aromatic rings. The molecule has 0 aromatic carbocycles. The van der Waals surface area contributed by atoms with Gasteiger partial charge in [-0.1, -0.05) is 25.7 Å². The van der Waals surface area contributed by atoms with Gasteiger partial charge in [-0.05, 0) is 75.0 Å². The van der Waals surface area contributed by atoms with Gasteiger partial charge in [-0.15, -0.1) is 0 Å². The number of hydrogen-bond donors (Lipinski definition) is 1. The van der Waals surface area contributed by atoms with Crippen LogP contribution in [0.3, 0.4) is 0 Å². The van der Waals surface area contributed by atoms with Crippen LogP contribution >= 0.6 is 0 Å². The summed E-state index contributed by atoms with van der Waals surface area (Å²) in [6.07, 6.45) is 16.7. The Kier molecular flexibility index (Phi) is 4.04. The van der Waals surface area contributed by atoms with Crippen molar-refractivity contribution in [1.29, 1.82) is 0 Å². The maximum absolute atomic E-state index is 6.79. The summed E-state index contributed by atoms with van der Waals surface area (Å²) in [7, 11) is 0. The molecule has 1 heterocycles. The van der Waals surface area contributed by atoms with E-state index in [9.17, 15) is 0 Å². The van der Waals surface area contributed by atoms with E-state index in [1.54, 1.807) is 0 Å². The molecular weight excluding hydrogens is 258 g/mol. The fraction of sp³-hybridized carbons (Fsp3) is 1.00. The Morgan fingerprint density at radius 2 is 1.67 bits per heavy atom. The lowest BCUT2D eigenvalue weighted by molar-refractivity contribution is -0.148. The highest BCUT2D eigenvalue weighted by Gasteiger charge is 2.45. The molecule has 0 radical (unpaired) electrons. The molecule has 3 saturated carbocycles. The van der Waals surface area contributed by atoms with E-state index < -0.39 is 0 Å². The van der Waals surface area contributed by atoms with Crippen LogP contribution in [0.5, 0.6) is 0 Å². The Morgan fingerprint density at radius 3 is 2.43 bits per heavy atom. The van der Waals surface area contributed by atoms with Gasteiger partial charge in [0.25, 0.3) is 0 Å². The molecule has 0 amide bonds. The van der Waals surface area contributed by atoms with Crippen LogP contribution in [0.15, 0.2) is 0 Å². The van der Waals surface area contributed by atoms with Gasteiger partial charge < -0.3 is 10.5 Å². The molecule has 2 N–H and O–H groups in total. The summed E-state index contributed by atoms with van der Waals surface area (Å²) < 4.78 is 6.10. The first kappa shape index (κ1) is 14.5. The van der Waals surface area contributed by atoms with Crippen molar-refractivity contribution >= 4 is 0 Å². The van der Waals surface area contributed by atoms with Crippen LogP contribution in [0, 0.1) is 23.7 Å². The molecule has 5 atom stereocenters. The highest BCUT2D eigenvalue weighted by molar-refractivity contribution is 4.98. The van der Waals surface area contributed by atoms with Crippen LogP contribution in [0.4, 0.5) is 0 Å². The number of fused-ring (bicyclic) bond motifs is 1. The largest absolute Gasteiger partial charge is 0.375 e. The summed E-state index contributed by atoms with van der Waals surface area (Å²) in [5.74, 6) is 3.62. The Balaban J connectivity index is 1.37. The zero-order chi connectivity index (χ0) is 14.3. The molecule has 21 heavy (non-hydrogen) atoms. The molecule has 4 fully saturated rings. The van der Waals surface area contributed by atoms with E-state index in [2.05, 4.69) is 0 Å². The highest BCUT2D eigenvalue weighted by atomic mass is 16.5. The van der Waals surface area contributed by atoms with E-state index >= 15 is 0 Å². The molecule has 3 aliphatic carbocycles. The number of rotatable bonds is 2. The van der Waals surface area contributed by atoms with Gasteiger partial charge in [0.2, 0.25) is 0 Å². The van der Waals surface area contributed by atoms with E-state index in [0.29, 0.717) is 6.04 Å². The fourth-order valence-electron chi connectivity index (χ4n) is 5.96. The number of ether oxygens (including phenoxy) is 1. The van der Waals surface area contributed by atoms with Crippen LogP contribution in [0.1, 0.15) is 77.0 Å². The first-order valence-electron chi connectivity index (χ1n) is 9.65. The first-order chi connectivity index (χ1) is 10.3. The molecule has 2 heteroatoms. The predicted molar refractivity (Wildman–Crippen MR) is 86.0 cm³/mol. The van der Waals surface area contributed by atoms with Crippen LogP contribution in [0.2, 0.25) is 0 Å². The molecule has 2 nitrogen and oxygen atoms in total. The van der Waals surface area contributed by atoms with Gasteiger partial charge >= 0.3 is 0 Å². The third kappa shape index (κ3) is 2.79. The van der Waals surface area contributed by atoms with Crippen molar-refractivity contribution in [1.82, 2.24) is 0 Å². The molecule has 1 spiro atoms. The minimum absolute atomic E-state index is 0.266. The molecule has 120 valence electrons. The second kappa shape index (κ2) is 5.85. The van der Waals surface area contributed by atoms with E-state index in [1.165, 1.54) is 77.0 Å². The maximum Gasteiger partial charge on any atom is 0.0685 e. The molecular formula is C19H33NO. The second-order valence-corrected chi connectivity index (χ2v) is 8.59. The van der Waals surface area contributed by atoms with Gasteiger partial charge in [0.05, 0.1) is 5.60 Å². The van der Waals surface area contributed by atoms with Gasteiger partial charge in [-0.2, -0.15) is 0 Å². The van der Waals surface area contributed by atoms with E-state index in [1.807, 2.05) is 0 Å². The van der Waals surface area contributed by atoms with Gasteiger partial charge in [0, 0.05) is 12.6 Å². The summed E-state index contributed by atoms with van der Waals surface area (Å²) in [5, 5.41) is 0. The average Bonchev–Trinajstić information content (AvgIpc) is 2.52. The van der Waals surface area contributed by atoms with Crippen molar-refractivity contribution in [2.75, 3.05) is 6.61 Å². The topological polar surface area (TPSA) is 35.2 Å². The smallest absolute Gasteiger partial charge is 0.0685 e. The van der Waals surface area contributed by atoms with Gasteiger partial charge in [0.1, 0.15) is 0 Å². The molecule has 0 bridgehead atoms. The third-order valence-corrected chi connectivity index (χ3v) is 7.46. The van der Waals surface area contributed by atoms with Crippen molar-refractivity contribution in [3.63, 3.8) is 0 Å². The summed E-state index contributed by atoms with van der Waals surface area (Å²) >= 11 is 0.